The van der Waals surface area contributed by atoms with Crippen molar-refractivity contribution in [1.29, 1.82) is 0 Å². The van der Waals surface area contributed by atoms with Gasteiger partial charge in [0.1, 0.15) is 22.3 Å². The lowest BCUT2D eigenvalue weighted by molar-refractivity contribution is -0.0610. The maximum absolute atomic E-state index is 6.59. The van der Waals surface area contributed by atoms with Gasteiger partial charge in [0, 0.05) is 38.6 Å². The molecule has 3 heterocycles. The summed E-state index contributed by atoms with van der Waals surface area (Å²) in [7, 11) is 0. The minimum Gasteiger partial charge on any atom is -0.456 e. The van der Waals surface area contributed by atoms with Crippen LogP contribution in [0.25, 0.3) is 99.9 Å². The molecule has 1 unspecified atom stereocenters. The lowest BCUT2D eigenvalue weighted by atomic mass is 9.45. The highest BCUT2D eigenvalue weighted by atomic mass is 16.3. The van der Waals surface area contributed by atoms with E-state index in [9.17, 15) is 0 Å². The number of fused-ring (bicyclic) bond motifs is 11. The van der Waals surface area contributed by atoms with E-state index < -0.39 is 0 Å². The third-order valence-electron chi connectivity index (χ3n) is 14.8. The first-order chi connectivity index (χ1) is 29.1. The molecule has 5 aliphatic rings. The summed E-state index contributed by atoms with van der Waals surface area (Å²) in [6.45, 7) is 0. The van der Waals surface area contributed by atoms with Crippen molar-refractivity contribution in [3.63, 3.8) is 0 Å². The third-order valence-corrected chi connectivity index (χ3v) is 14.8. The highest BCUT2D eigenvalue weighted by Crippen LogP contribution is 2.69. The Labute approximate surface area is 340 Å². The average Bonchev–Trinajstić information content (AvgIpc) is 3.95. The highest BCUT2D eigenvalue weighted by molar-refractivity contribution is 6.12. The molecule has 1 atom stereocenters. The van der Waals surface area contributed by atoms with Crippen molar-refractivity contribution in [3.05, 3.63) is 151 Å². The Morgan fingerprint density at radius 1 is 0.458 bits per heavy atom. The molecule has 0 spiro atoms. The number of hydrogen-bond acceptors (Lipinski definition) is 5. The number of rotatable bonds is 4. The van der Waals surface area contributed by atoms with Gasteiger partial charge in [-0.3, -0.25) is 0 Å². The van der Waals surface area contributed by atoms with Crippen LogP contribution < -0.4 is 0 Å². The SMILES string of the molecule is c1ccc2c3c(ccc2c1)-c1ccc(-c2nc(-c4cccc5c4oc4ccccc45)nc(-c4cccc5oc6ccccc6c45)n2)cc1C3C12CC3CC(CC(C3)C1)C2. The molecule has 3 aromatic heterocycles. The van der Waals surface area contributed by atoms with Crippen LogP contribution in [0.2, 0.25) is 0 Å². The van der Waals surface area contributed by atoms with Crippen molar-refractivity contribution < 1.29 is 8.83 Å². The fourth-order valence-corrected chi connectivity index (χ4v) is 13.0. The second-order valence-corrected chi connectivity index (χ2v) is 18.1. The normalized spacial score (nSPS) is 22.9. The van der Waals surface area contributed by atoms with Crippen molar-refractivity contribution in [2.45, 2.75) is 44.4 Å². The van der Waals surface area contributed by atoms with Gasteiger partial charge < -0.3 is 8.83 Å². The summed E-state index contributed by atoms with van der Waals surface area (Å²) >= 11 is 0. The summed E-state index contributed by atoms with van der Waals surface area (Å²) in [5, 5.41) is 6.92. The Morgan fingerprint density at radius 3 is 1.88 bits per heavy atom. The smallest absolute Gasteiger partial charge is 0.167 e. The van der Waals surface area contributed by atoms with E-state index in [0.717, 1.165) is 78.3 Å². The molecular formula is C54H39N3O2. The van der Waals surface area contributed by atoms with Crippen LogP contribution in [0.1, 0.15) is 55.6 Å². The standard InChI is InChI=1S/C54H39N3O2/c1-2-10-35-33(9-1)19-22-38-36-21-20-34(26-43(36)49(48(35)38)54-27-30-23-31(28-54)25-32(24-30)29-54)51-55-52(41-14-8-18-46-47(41)40-12-4-6-17-45(40)58-46)57-53(56-51)42-15-7-13-39-37-11-3-5-16-44(37)59-50(39)42/h1-22,26,30-32,49H,23-25,27-29H2. The molecule has 4 fully saturated rings. The van der Waals surface area contributed by atoms with Gasteiger partial charge in [-0.2, -0.15) is 0 Å². The lowest BCUT2D eigenvalue weighted by Crippen LogP contribution is -2.48. The first-order valence-corrected chi connectivity index (χ1v) is 21.4. The summed E-state index contributed by atoms with van der Waals surface area (Å²) in [4.78, 5) is 16.1. The molecular weight excluding hydrogens is 723 g/mol. The summed E-state index contributed by atoms with van der Waals surface area (Å²) in [6, 6.07) is 49.8. The van der Waals surface area contributed by atoms with Gasteiger partial charge in [-0.15, -0.1) is 0 Å². The number of aromatic nitrogens is 3. The maximum Gasteiger partial charge on any atom is 0.167 e. The van der Waals surface area contributed by atoms with Crippen molar-refractivity contribution in [2.24, 2.45) is 23.2 Å². The number of benzene rings is 7. The number of furan rings is 2. The zero-order valence-corrected chi connectivity index (χ0v) is 32.5. The van der Waals surface area contributed by atoms with Crippen molar-refractivity contribution in [2.75, 3.05) is 0 Å². The van der Waals surface area contributed by atoms with Crippen LogP contribution in [0.4, 0.5) is 0 Å². The molecule has 0 aliphatic heterocycles. The van der Waals surface area contributed by atoms with E-state index in [2.05, 4.69) is 103 Å². The molecule has 0 N–H and O–H groups in total. The second-order valence-electron chi connectivity index (χ2n) is 18.1. The summed E-state index contributed by atoms with van der Waals surface area (Å²) < 4.78 is 13.0. The molecule has 0 saturated heterocycles. The zero-order chi connectivity index (χ0) is 38.4. The fraction of sp³-hybridized carbons (Fsp3) is 0.204. The van der Waals surface area contributed by atoms with Gasteiger partial charge in [0.05, 0.1) is 5.56 Å². The van der Waals surface area contributed by atoms with E-state index >= 15 is 0 Å². The van der Waals surface area contributed by atoms with Gasteiger partial charge in [0.15, 0.2) is 17.5 Å². The highest BCUT2D eigenvalue weighted by Gasteiger charge is 2.56. The quantitative estimate of drug-likeness (QED) is 0.179. The van der Waals surface area contributed by atoms with Gasteiger partial charge in [-0.05, 0) is 125 Å². The summed E-state index contributed by atoms with van der Waals surface area (Å²) in [6.07, 6.45) is 8.28. The van der Waals surface area contributed by atoms with Crippen LogP contribution in [0.3, 0.4) is 0 Å². The van der Waals surface area contributed by atoms with Crippen LogP contribution >= 0.6 is 0 Å². The Kier molecular flexibility index (Phi) is 6.45. The lowest BCUT2D eigenvalue weighted by Gasteiger charge is -2.59. The van der Waals surface area contributed by atoms with E-state index in [1.165, 1.54) is 66.0 Å². The minimum atomic E-state index is 0.266. The van der Waals surface area contributed by atoms with Gasteiger partial charge in [0.2, 0.25) is 0 Å². The molecule has 5 aliphatic carbocycles. The molecule has 4 bridgehead atoms. The van der Waals surface area contributed by atoms with E-state index in [0.29, 0.717) is 23.4 Å². The van der Waals surface area contributed by atoms with E-state index in [-0.39, 0.29) is 5.41 Å². The van der Waals surface area contributed by atoms with Crippen LogP contribution in [0.15, 0.2) is 148 Å². The number of hydrogen-bond donors (Lipinski definition) is 0. The van der Waals surface area contributed by atoms with Gasteiger partial charge in [-0.25, -0.2) is 15.0 Å². The van der Waals surface area contributed by atoms with Gasteiger partial charge >= 0.3 is 0 Å². The van der Waals surface area contributed by atoms with Gasteiger partial charge in [-0.1, -0.05) is 109 Å². The molecule has 282 valence electrons. The van der Waals surface area contributed by atoms with Crippen molar-refractivity contribution in [1.82, 2.24) is 15.0 Å². The van der Waals surface area contributed by atoms with Crippen LogP contribution in [-0.4, -0.2) is 15.0 Å². The second kappa shape index (κ2) is 11.8. The van der Waals surface area contributed by atoms with Gasteiger partial charge in [0.25, 0.3) is 0 Å². The van der Waals surface area contributed by atoms with Crippen LogP contribution in [0.5, 0.6) is 0 Å². The Balaban J connectivity index is 1.01. The van der Waals surface area contributed by atoms with E-state index in [4.69, 9.17) is 23.8 Å². The first-order valence-electron chi connectivity index (χ1n) is 21.4. The van der Waals surface area contributed by atoms with Crippen LogP contribution in [-0.2, 0) is 0 Å². The molecule has 15 rings (SSSR count). The Hall–Kier alpha value is -6.59. The van der Waals surface area contributed by atoms with Crippen LogP contribution in [0, 0.1) is 23.2 Å². The zero-order valence-electron chi connectivity index (χ0n) is 32.5. The molecule has 0 amide bonds. The van der Waals surface area contributed by atoms with Crippen molar-refractivity contribution in [3.8, 4) is 45.3 Å². The molecule has 5 nitrogen and oxygen atoms in total. The fourth-order valence-electron chi connectivity index (χ4n) is 13.0. The summed E-state index contributed by atoms with van der Waals surface area (Å²) in [5.74, 6) is 4.75. The molecule has 10 aromatic rings. The van der Waals surface area contributed by atoms with E-state index in [1.54, 1.807) is 5.56 Å². The third kappa shape index (κ3) is 4.59. The largest absolute Gasteiger partial charge is 0.456 e. The van der Waals surface area contributed by atoms with Crippen molar-refractivity contribution >= 4 is 54.6 Å². The Bertz CT molecular complexity index is 3370. The van der Waals surface area contributed by atoms with E-state index in [1.807, 2.05) is 36.4 Å². The Morgan fingerprint density at radius 2 is 1.07 bits per heavy atom. The predicted molar refractivity (Wildman–Crippen MR) is 236 cm³/mol. The molecule has 59 heavy (non-hydrogen) atoms. The molecule has 0 radical (unpaired) electrons. The topological polar surface area (TPSA) is 65.0 Å². The summed E-state index contributed by atoms with van der Waals surface area (Å²) in [5.41, 5.74) is 12.1. The monoisotopic (exact) mass is 761 g/mol. The number of para-hydroxylation sites is 3. The maximum atomic E-state index is 6.59. The molecule has 5 heteroatoms. The minimum absolute atomic E-state index is 0.266. The number of nitrogens with zero attached hydrogens (tertiary/aromatic N) is 3. The molecule has 4 saturated carbocycles. The molecule has 7 aromatic carbocycles. The predicted octanol–water partition coefficient (Wildman–Crippen LogP) is 14.2. The first kappa shape index (κ1) is 32.4. The average molecular weight is 762 g/mol.